The topological polar surface area (TPSA) is 74.0 Å². The molecule has 2 amide bonds. The Morgan fingerprint density at radius 2 is 1.74 bits per heavy atom. The van der Waals surface area contributed by atoms with Crippen molar-refractivity contribution >= 4 is 28.4 Å². The number of fused-ring (bicyclic) bond motifs is 1. The molecule has 27 heavy (non-hydrogen) atoms. The lowest BCUT2D eigenvalue weighted by Crippen LogP contribution is -2.29. The molecule has 0 aliphatic rings. The number of rotatable bonds is 7. The summed E-state index contributed by atoms with van der Waals surface area (Å²) in [5.74, 6) is -0.270. The minimum absolute atomic E-state index is 0.180. The molecule has 0 atom stereocenters. The van der Waals surface area contributed by atoms with E-state index in [4.69, 9.17) is 0 Å². The van der Waals surface area contributed by atoms with Crippen molar-refractivity contribution in [2.24, 2.45) is 0 Å². The van der Waals surface area contributed by atoms with Gasteiger partial charge in [0, 0.05) is 29.3 Å². The third-order valence-corrected chi connectivity index (χ3v) is 4.57. The molecule has 0 spiro atoms. The summed E-state index contributed by atoms with van der Waals surface area (Å²) in [5.41, 5.74) is 4.07. The van der Waals surface area contributed by atoms with E-state index in [1.54, 1.807) is 0 Å². The minimum Gasteiger partial charge on any atom is -0.361 e. The van der Waals surface area contributed by atoms with E-state index in [0.29, 0.717) is 18.9 Å². The Hall–Kier alpha value is -3.08. The third kappa shape index (κ3) is 4.76. The van der Waals surface area contributed by atoms with E-state index in [-0.39, 0.29) is 18.2 Å². The number of anilines is 1. The Balaban J connectivity index is 1.49. The van der Waals surface area contributed by atoms with E-state index in [0.717, 1.165) is 27.7 Å². The highest BCUT2D eigenvalue weighted by atomic mass is 16.2. The number of aromatic nitrogens is 1. The summed E-state index contributed by atoms with van der Waals surface area (Å²) in [4.78, 5) is 27.5. The second-order valence-electron chi connectivity index (χ2n) is 6.93. The lowest BCUT2D eigenvalue weighted by atomic mass is 10.0. The van der Waals surface area contributed by atoms with Crippen molar-refractivity contribution < 1.29 is 9.59 Å². The molecule has 0 saturated heterocycles. The van der Waals surface area contributed by atoms with E-state index < -0.39 is 0 Å². The van der Waals surface area contributed by atoms with Crippen LogP contribution in [0.2, 0.25) is 0 Å². The molecule has 0 aliphatic heterocycles. The molecule has 2 aromatic carbocycles. The van der Waals surface area contributed by atoms with Crippen molar-refractivity contribution in [3.63, 3.8) is 0 Å². The maximum absolute atomic E-state index is 12.2. The van der Waals surface area contributed by atoms with E-state index in [1.807, 2.05) is 48.7 Å². The van der Waals surface area contributed by atoms with Crippen LogP contribution in [-0.2, 0) is 16.0 Å². The van der Waals surface area contributed by atoms with Gasteiger partial charge in [0.25, 0.3) is 0 Å². The minimum atomic E-state index is -0.298. The molecular weight excluding hydrogens is 338 g/mol. The Labute approximate surface area is 159 Å². The third-order valence-electron chi connectivity index (χ3n) is 4.57. The van der Waals surface area contributed by atoms with Crippen molar-refractivity contribution in [2.45, 2.75) is 32.6 Å². The molecule has 1 aromatic heterocycles. The van der Waals surface area contributed by atoms with Crippen molar-refractivity contribution in [1.82, 2.24) is 10.3 Å². The summed E-state index contributed by atoms with van der Waals surface area (Å²) in [5, 5.41) is 6.83. The normalized spacial score (nSPS) is 10.9. The molecule has 3 aromatic rings. The number of hydrogen-bond donors (Lipinski definition) is 3. The fraction of sp³-hybridized carbons (Fsp3) is 0.273. The highest BCUT2D eigenvalue weighted by Gasteiger charge is 2.13. The van der Waals surface area contributed by atoms with Gasteiger partial charge in [-0.15, -0.1) is 0 Å². The van der Waals surface area contributed by atoms with Gasteiger partial charge in [0.15, 0.2) is 0 Å². The number of nitrogens with one attached hydrogen (secondary N) is 3. The monoisotopic (exact) mass is 363 g/mol. The van der Waals surface area contributed by atoms with Gasteiger partial charge in [-0.2, -0.15) is 0 Å². The summed E-state index contributed by atoms with van der Waals surface area (Å²) in [6.07, 6.45) is 2.50. The standard InChI is InChI=1S/C22H25N3O2/c1-15(2)17-7-3-6-10-20(17)25-22(27)13-21(26)23-12-11-16-14-24-19-9-5-4-8-18(16)19/h3-10,14-15,24H,11-13H2,1-2H3,(H,23,26)(H,25,27). The summed E-state index contributed by atoms with van der Waals surface area (Å²) in [6, 6.07) is 15.7. The Kier molecular flexibility index (Phi) is 5.91. The number of carbonyl (C=O) groups is 2. The molecule has 0 unspecified atom stereocenters. The predicted molar refractivity (Wildman–Crippen MR) is 109 cm³/mol. The van der Waals surface area contributed by atoms with Gasteiger partial charge in [0.1, 0.15) is 6.42 Å². The van der Waals surface area contributed by atoms with Crippen LogP contribution in [0.3, 0.4) is 0 Å². The highest BCUT2D eigenvalue weighted by molar-refractivity contribution is 6.03. The van der Waals surface area contributed by atoms with Crippen LogP contribution >= 0.6 is 0 Å². The first kappa shape index (κ1) is 18.7. The van der Waals surface area contributed by atoms with E-state index in [2.05, 4.69) is 35.5 Å². The van der Waals surface area contributed by atoms with E-state index >= 15 is 0 Å². The maximum Gasteiger partial charge on any atom is 0.233 e. The van der Waals surface area contributed by atoms with Gasteiger partial charge in [-0.1, -0.05) is 50.2 Å². The number of amides is 2. The SMILES string of the molecule is CC(C)c1ccccc1NC(=O)CC(=O)NCCc1c[nH]c2ccccc12. The van der Waals surface area contributed by atoms with Crippen molar-refractivity contribution in [3.05, 3.63) is 65.9 Å². The zero-order chi connectivity index (χ0) is 19.2. The molecule has 0 saturated carbocycles. The van der Waals surface area contributed by atoms with E-state index in [1.165, 1.54) is 0 Å². The molecular formula is C22H25N3O2. The lowest BCUT2D eigenvalue weighted by Gasteiger charge is -2.13. The number of H-pyrrole nitrogens is 1. The van der Waals surface area contributed by atoms with Crippen LogP contribution in [0.5, 0.6) is 0 Å². The summed E-state index contributed by atoms with van der Waals surface area (Å²) >= 11 is 0. The largest absolute Gasteiger partial charge is 0.361 e. The van der Waals surface area contributed by atoms with Crippen LogP contribution in [-0.4, -0.2) is 23.3 Å². The van der Waals surface area contributed by atoms with Crippen LogP contribution in [0.1, 0.15) is 37.3 Å². The molecule has 3 rings (SSSR count). The predicted octanol–water partition coefficient (Wildman–Crippen LogP) is 3.98. The smallest absolute Gasteiger partial charge is 0.233 e. The lowest BCUT2D eigenvalue weighted by molar-refractivity contribution is -0.126. The first-order valence-electron chi connectivity index (χ1n) is 9.25. The molecule has 0 bridgehead atoms. The maximum atomic E-state index is 12.2. The number of para-hydroxylation sites is 2. The molecule has 0 fully saturated rings. The Bertz CT molecular complexity index is 943. The van der Waals surface area contributed by atoms with Gasteiger partial charge in [-0.05, 0) is 35.6 Å². The van der Waals surface area contributed by atoms with Gasteiger partial charge in [0.05, 0.1) is 0 Å². The molecule has 5 nitrogen and oxygen atoms in total. The summed E-state index contributed by atoms with van der Waals surface area (Å²) < 4.78 is 0. The second kappa shape index (κ2) is 8.54. The quantitative estimate of drug-likeness (QED) is 0.556. The number of carbonyl (C=O) groups excluding carboxylic acids is 2. The Morgan fingerprint density at radius 3 is 2.56 bits per heavy atom. The average molecular weight is 363 g/mol. The van der Waals surface area contributed by atoms with Crippen LogP contribution in [0.4, 0.5) is 5.69 Å². The van der Waals surface area contributed by atoms with Gasteiger partial charge in [-0.25, -0.2) is 0 Å². The van der Waals surface area contributed by atoms with Crippen molar-refractivity contribution in [1.29, 1.82) is 0 Å². The number of aromatic amines is 1. The molecule has 1 heterocycles. The summed E-state index contributed by atoms with van der Waals surface area (Å²) in [6.45, 7) is 4.64. The molecule has 140 valence electrons. The first-order chi connectivity index (χ1) is 13.0. The van der Waals surface area contributed by atoms with Crippen LogP contribution < -0.4 is 10.6 Å². The second-order valence-corrected chi connectivity index (χ2v) is 6.93. The average Bonchev–Trinajstić information content (AvgIpc) is 3.05. The van der Waals surface area contributed by atoms with Crippen LogP contribution in [0.25, 0.3) is 10.9 Å². The van der Waals surface area contributed by atoms with Crippen molar-refractivity contribution in [3.8, 4) is 0 Å². The van der Waals surface area contributed by atoms with Gasteiger partial charge in [-0.3, -0.25) is 9.59 Å². The zero-order valence-electron chi connectivity index (χ0n) is 15.7. The van der Waals surface area contributed by atoms with Gasteiger partial charge >= 0.3 is 0 Å². The zero-order valence-corrected chi connectivity index (χ0v) is 15.7. The Morgan fingerprint density at radius 1 is 1.00 bits per heavy atom. The van der Waals surface area contributed by atoms with Crippen LogP contribution in [0, 0.1) is 0 Å². The van der Waals surface area contributed by atoms with Crippen molar-refractivity contribution in [2.75, 3.05) is 11.9 Å². The van der Waals surface area contributed by atoms with E-state index in [9.17, 15) is 9.59 Å². The van der Waals surface area contributed by atoms with Gasteiger partial charge < -0.3 is 15.6 Å². The first-order valence-corrected chi connectivity index (χ1v) is 9.25. The number of hydrogen-bond acceptors (Lipinski definition) is 2. The summed E-state index contributed by atoms with van der Waals surface area (Å²) in [7, 11) is 0. The highest BCUT2D eigenvalue weighted by Crippen LogP contribution is 2.23. The van der Waals surface area contributed by atoms with Crippen LogP contribution in [0.15, 0.2) is 54.7 Å². The number of benzene rings is 2. The molecule has 0 aliphatic carbocycles. The fourth-order valence-corrected chi connectivity index (χ4v) is 3.19. The molecule has 5 heteroatoms. The fourth-order valence-electron chi connectivity index (χ4n) is 3.19. The molecule has 3 N–H and O–H groups in total. The van der Waals surface area contributed by atoms with Gasteiger partial charge in [0.2, 0.25) is 11.8 Å². The molecule has 0 radical (unpaired) electrons.